The SMILES string of the molecule is Cc1ccc(N2CC3CC(C2)N3C(=O)OC(C)(C)C)cc1C(=O)NC1(c2cc(OS(=O)(=O)C(F)(F)F)cc3ncccc23)CC1. The van der Waals surface area contributed by atoms with E-state index in [4.69, 9.17) is 4.74 Å². The van der Waals surface area contributed by atoms with Gasteiger partial charge < -0.3 is 19.1 Å². The molecular weight excluding hydrogens is 613 g/mol. The van der Waals surface area contributed by atoms with Gasteiger partial charge in [0.1, 0.15) is 11.4 Å². The number of halogens is 3. The number of piperazine rings is 1. The molecule has 10 nitrogen and oxygen atoms in total. The Morgan fingerprint density at radius 2 is 1.73 bits per heavy atom. The lowest BCUT2D eigenvalue weighted by Gasteiger charge is -2.56. The number of fused-ring (bicyclic) bond motifs is 3. The number of hydrogen-bond donors (Lipinski definition) is 1. The minimum absolute atomic E-state index is 0.00413. The van der Waals surface area contributed by atoms with Gasteiger partial charge in [-0.05, 0) is 82.3 Å². The summed E-state index contributed by atoms with van der Waals surface area (Å²) in [6.07, 6.45) is 2.95. The number of anilines is 1. The third-order valence-corrected chi connectivity index (χ3v) is 9.41. The smallest absolute Gasteiger partial charge is 0.444 e. The molecular formula is C31H33F3N4O6S. The molecule has 1 saturated carbocycles. The van der Waals surface area contributed by atoms with Crippen molar-refractivity contribution in [3.63, 3.8) is 0 Å². The molecule has 240 valence electrons. The summed E-state index contributed by atoms with van der Waals surface area (Å²) in [6.45, 7) is 8.50. The number of aromatic nitrogens is 1. The van der Waals surface area contributed by atoms with E-state index in [0.29, 0.717) is 42.4 Å². The Morgan fingerprint density at radius 1 is 1.04 bits per heavy atom. The largest absolute Gasteiger partial charge is 0.534 e. The summed E-state index contributed by atoms with van der Waals surface area (Å²) in [5.41, 5.74) is -4.52. The van der Waals surface area contributed by atoms with E-state index in [2.05, 4.69) is 19.4 Å². The second-order valence-corrected chi connectivity index (χ2v) is 14.4. The summed E-state index contributed by atoms with van der Waals surface area (Å²) in [7, 11) is -5.91. The fourth-order valence-electron chi connectivity index (χ4n) is 6.13. The van der Waals surface area contributed by atoms with Crippen molar-refractivity contribution in [2.45, 2.75) is 75.7 Å². The summed E-state index contributed by atoms with van der Waals surface area (Å²) in [4.78, 5) is 34.6. The Balaban J connectivity index is 1.23. The summed E-state index contributed by atoms with van der Waals surface area (Å²) < 4.78 is 72.7. The van der Waals surface area contributed by atoms with E-state index >= 15 is 0 Å². The topological polar surface area (TPSA) is 118 Å². The van der Waals surface area contributed by atoms with Gasteiger partial charge in [0.25, 0.3) is 5.91 Å². The zero-order valence-corrected chi connectivity index (χ0v) is 26.0. The van der Waals surface area contributed by atoms with Gasteiger partial charge in [0.15, 0.2) is 0 Å². The molecule has 2 unspecified atom stereocenters. The number of piperidine rings is 1. The predicted octanol–water partition coefficient (Wildman–Crippen LogP) is 5.39. The first-order valence-corrected chi connectivity index (χ1v) is 16.0. The molecule has 3 aromatic rings. The molecule has 2 bridgehead atoms. The number of pyridine rings is 1. The zero-order valence-electron chi connectivity index (χ0n) is 25.1. The second kappa shape index (κ2) is 10.5. The number of rotatable bonds is 6. The van der Waals surface area contributed by atoms with Crippen LogP contribution in [0.5, 0.6) is 5.75 Å². The average molecular weight is 647 g/mol. The van der Waals surface area contributed by atoms with Gasteiger partial charge in [-0.25, -0.2) is 4.79 Å². The Labute approximate surface area is 258 Å². The lowest BCUT2D eigenvalue weighted by atomic mass is 9.87. The molecule has 4 aliphatic rings. The van der Waals surface area contributed by atoms with Gasteiger partial charge >= 0.3 is 21.7 Å². The maximum atomic E-state index is 13.8. The van der Waals surface area contributed by atoms with Crippen LogP contribution in [0.4, 0.5) is 23.7 Å². The van der Waals surface area contributed by atoms with Crippen molar-refractivity contribution in [3.8, 4) is 5.75 Å². The van der Waals surface area contributed by atoms with E-state index in [9.17, 15) is 31.2 Å². The molecule has 4 heterocycles. The fraction of sp³-hybridized carbons (Fsp3) is 0.452. The molecule has 45 heavy (non-hydrogen) atoms. The van der Waals surface area contributed by atoms with Crippen LogP contribution in [0.3, 0.4) is 0 Å². The van der Waals surface area contributed by atoms with Crippen molar-refractivity contribution in [3.05, 3.63) is 65.4 Å². The predicted molar refractivity (Wildman–Crippen MR) is 159 cm³/mol. The van der Waals surface area contributed by atoms with E-state index < -0.39 is 32.5 Å². The van der Waals surface area contributed by atoms with Crippen molar-refractivity contribution in [2.24, 2.45) is 0 Å². The third kappa shape index (κ3) is 5.87. The molecule has 14 heteroatoms. The van der Waals surface area contributed by atoms with E-state index in [-0.39, 0.29) is 29.6 Å². The van der Waals surface area contributed by atoms with Gasteiger partial charge in [-0.1, -0.05) is 12.1 Å². The Hall–Kier alpha value is -4.07. The number of ether oxygens (including phenoxy) is 1. The maximum absolute atomic E-state index is 13.8. The first-order valence-electron chi connectivity index (χ1n) is 14.6. The highest BCUT2D eigenvalue weighted by Gasteiger charge is 2.51. The van der Waals surface area contributed by atoms with Crippen LogP contribution < -0.4 is 14.4 Å². The van der Waals surface area contributed by atoms with Gasteiger partial charge in [0.2, 0.25) is 0 Å². The zero-order chi connectivity index (χ0) is 32.5. The average Bonchev–Trinajstić information content (AvgIpc) is 3.71. The standard InChI is InChI=1S/C31H33F3N4O6S/c1-18-7-8-19(37-16-20-12-21(17-37)38(20)28(40)43-29(2,3)4)13-24(18)27(39)36-30(9-10-30)25-14-22(44-45(41,42)31(32,33)34)15-26-23(25)6-5-11-35-26/h5-8,11,13-15,20-21H,9-10,12,16-17H2,1-4H3,(H,36,39). The summed E-state index contributed by atoms with van der Waals surface area (Å²) in [5, 5.41) is 3.62. The number of nitrogens with one attached hydrogen (secondary N) is 1. The number of benzene rings is 2. The molecule has 1 aliphatic carbocycles. The first kappa shape index (κ1) is 30.9. The third-order valence-electron chi connectivity index (χ3n) is 8.43. The number of hydrogen-bond acceptors (Lipinski definition) is 8. The molecule has 7 rings (SSSR count). The van der Waals surface area contributed by atoms with Crippen LogP contribution >= 0.6 is 0 Å². The lowest BCUT2D eigenvalue weighted by Crippen LogP contribution is -2.70. The Bertz CT molecular complexity index is 1790. The Morgan fingerprint density at radius 3 is 2.36 bits per heavy atom. The number of aryl methyl sites for hydroxylation is 1. The van der Waals surface area contributed by atoms with Gasteiger partial charge in [-0.15, -0.1) is 0 Å². The highest BCUT2D eigenvalue weighted by Crippen LogP contribution is 2.49. The Kier molecular flexibility index (Phi) is 7.22. The van der Waals surface area contributed by atoms with E-state index in [1.807, 2.05) is 39.8 Å². The molecule has 3 saturated heterocycles. The maximum Gasteiger partial charge on any atom is 0.534 e. The highest BCUT2D eigenvalue weighted by molar-refractivity contribution is 7.88. The molecule has 1 aromatic heterocycles. The monoisotopic (exact) mass is 646 g/mol. The van der Waals surface area contributed by atoms with Crippen LogP contribution in [-0.2, 0) is 20.4 Å². The van der Waals surface area contributed by atoms with E-state index in [0.717, 1.165) is 23.7 Å². The summed E-state index contributed by atoms with van der Waals surface area (Å²) in [5.74, 6) is -0.924. The number of carbonyl (C=O) groups is 2. The van der Waals surface area contributed by atoms with Crippen molar-refractivity contribution >= 4 is 38.7 Å². The molecule has 0 spiro atoms. The van der Waals surface area contributed by atoms with Crippen molar-refractivity contribution in [2.75, 3.05) is 18.0 Å². The van der Waals surface area contributed by atoms with Crippen molar-refractivity contribution in [1.82, 2.24) is 15.2 Å². The number of carbonyl (C=O) groups excluding carboxylic acids is 2. The van der Waals surface area contributed by atoms with Crippen molar-refractivity contribution in [1.29, 1.82) is 0 Å². The summed E-state index contributed by atoms with van der Waals surface area (Å²) >= 11 is 0. The normalized spacial score (nSPS) is 20.8. The second-order valence-electron chi connectivity index (χ2n) is 12.9. The lowest BCUT2D eigenvalue weighted by molar-refractivity contribution is -0.0500. The first-order chi connectivity index (χ1) is 21.0. The summed E-state index contributed by atoms with van der Waals surface area (Å²) in [6, 6.07) is 11.3. The van der Waals surface area contributed by atoms with Gasteiger partial charge in [-0.2, -0.15) is 21.6 Å². The minimum Gasteiger partial charge on any atom is -0.444 e. The molecule has 2 amide bonds. The van der Waals surface area contributed by atoms with E-state index in [1.54, 1.807) is 23.1 Å². The molecule has 0 radical (unpaired) electrons. The molecule has 3 aliphatic heterocycles. The van der Waals surface area contributed by atoms with Gasteiger partial charge in [0.05, 0.1) is 23.1 Å². The van der Waals surface area contributed by atoms with Crippen LogP contribution in [0.1, 0.15) is 61.5 Å². The highest BCUT2D eigenvalue weighted by atomic mass is 32.2. The van der Waals surface area contributed by atoms with E-state index in [1.165, 1.54) is 12.3 Å². The molecule has 2 atom stereocenters. The number of amides is 2. The van der Waals surface area contributed by atoms with Crippen LogP contribution in [0, 0.1) is 6.92 Å². The van der Waals surface area contributed by atoms with Crippen LogP contribution in [-0.4, -0.2) is 66.6 Å². The van der Waals surface area contributed by atoms with Gasteiger partial charge in [-0.3, -0.25) is 14.7 Å². The molecule has 1 N–H and O–H groups in total. The fourth-order valence-corrected chi connectivity index (χ4v) is 6.57. The van der Waals surface area contributed by atoms with Crippen LogP contribution in [0.25, 0.3) is 10.9 Å². The molecule has 2 aromatic carbocycles. The number of nitrogens with zero attached hydrogens (tertiary/aromatic N) is 3. The molecule has 4 fully saturated rings. The van der Waals surface area contributed by atoms with Crippen LogP contribution in [0.15, 0.2) is 48.7 Å². The minimum atomic E-state index is -5.91. The van der Waals surface area contributed by atoms with Gasteiger partial charge in [0, 0.05) is 42.0 Å². The van der Waals surface area contributed by atoms with Crippen LogP contribution in [0.2, 0.25) is 0 Å². The quantitative estimate of drug-likeness (QED) is 0.280. The van der Waals surface area contributed by atoms with Crippen molar-refractivity contribution < 1.29 is 40.1 Å². The number of alkyl halides is 3.